The number of hydrogen-bond acceptors (Lipinski definition) is 0. The van der Waals surface area contributed by atoms with Crippen molar-refractivity contribution in [1.82, 2.24) is 0 Å². The minimum absolute atomic E-state index is 0.374. The van der Waals surface area contributed by atoms with Gasteiger partial charge in [-0.2, -0.15) is 0 Å². The molecular weight excluding hydrogens is 480 g/mol. The third-order valence-electron chi connectivity index (χ3n) is 9.78. The second kappa shape index (κ2) is 7.93. The fourth-order valence-electron chi connectivity index (χ4n) is 8.51. The minimum atomic E-state index is -0.377. The van der Waals surface area contributed by atoms with Gasteiger partial charge in [0.25, 0.3) is 0 Å². The smallest absolute Gasteiger partial charge is 0.0719 e. The number of benzene rings is 4. The summed E-state index contributed by atoms with van der Waals surface area (Å²) < 4.78 is 0. The molecule has 188 valence electrons. The summed E-state index contributed by atoms with van der Waals surface area (Å²) in [6.07, 6.45) is 20.9. The van der Waals surface area contributed by atoms with E-state index in [1.165, 1.54) is 66.8 Å². The molecule has 0 radical (unpaired) electrons. The van der Waals surface area contributed by atoms with Crippen LogP contribution >= 0.6 is 0 Å². The van der Waals surface area contributed by atoms with E-state index in [9.17, 15) is 0 Å². The second-order valence-corrected chi connectivity index (χ2v) is 11.4. The number of fused-ring (bicyclic) bond motifs is 11. The lowest BCUT2D eigenvalue weighted by molar-refractivity contribution is 0.616. The lowest BCUT2D eigenvalue weighted by Gasteiger charge is -2.51. The van der Waals surface area contributed by atoms with Crippen LogP contribution in [-0.2, 0) is 10.8 Å². The highest BCUT2D eigenvalue weighted by atomic mass is 14.6. The Bertz CT molecular complexity index is 1940. The average molecular weight is 509 g/mol. The minimum Gasteiger partial charge on any atom is -0.0807 e. The molecule has 2 atom stereocenters. The molecule has 40 heavy (non-hydrogen) atoms. The molecule has 0 fully saturated rings. The van der Waals surface area contributed by atoms with Gasteiger partial charge in [-0.05, 0) is 79.6 Å². The summed E-state index contributed by atoms with van der Waals surface area (Å²) in [6.45, 7) is 0. The lowest BCUT2D eigenvalue weighted by Crippen LogP contribution is -2.45. The summed E-state index contributed by atoms with van der Waals surface area (Å²) in [7, 11) is 0. The first kappa shape index (κ1) is 22.2. The Hall–Kier alpha value is -4.68. The van der Waals surface area contributed by atoms with Gasteiger partial charge in [0.1, 0.15) is 0 Å². The van der Waals surface area contributed by atoms with Crippen LogP contribution in [0.5, 0.6) is 0 Å². The van der Waals surface area contributed by atoms with Crippen molar-refractivity contribution in [3.63, 3.8) is 0 Å². The predicted molar refractivity (Wildman–Crippen MR) is 165 cm³/mol. The first-order chi connectivity index (χ1) is 19.9. The molecule has 0 N–H and O–H groups in total. The molecule has 0 aliphatic heterocycles. The summed E-state index contributed by atoms with van der Waals surface area (Å²) in [5, 5.41) is 0. The normalized spacial score (nSPS) is 24.4. The molecule has 0 saturated carbocycles. The van der Waals surface area contributed by atoms with Gasteiger partial charge >= 0.3 is 0 Å². The van der Waals surface area contributed by atoms with Crippen LogP contribution in [0.4, 0.5) is 0 Å². The van der Waals surface area contributed by atoms with Crippen molar-refractivity contribution in [1.29, 1.82) is 0 Å². The molecule has 9 rings (SSSR count). The van der Waals surface area contributed by atoms with Gasteiger partial charge in [-0.15, -0.1) is 0 Å². The van der Waals surface area contributed by atoms with Gasteiger partial charge in [0.2, 0.25) is 0 Å². The standard InChI is InChI=1S/C40H28/c1-4-15-27(16-5-1)39-32-22-12-11-19-30(32)31-20-14-26-37(38(31)39)40(36-25-9-3-8-24-35(36)39)33-21-7-2-6-17-28(33)29-18-10-13-23-34(29)40/h1,3-8,10-26H,2,9H2. The molecule has 0 nitrogen and oxygen atoms in total. The Kier molecular flexibility index (Phi) is 4.39. The largest absolute Gasteiger partial charge is 0.0807 e. The van der Waals surface area contributed by atoms with Gasteiger partial charge in [0.05, 0.1) is 10.8 Å². The third kappa shape index (κ3) is 2.44. The van der Waals surface area contributed by atoms with Crippen LogP contribution < -0.4 is 0 Å². The van der Waals surface area contributed by atoms with E-state index < -0.39 is 0 Å². The Morgan fingerprint density at radius 3 is 2.08 bits per heavy atom. The molecular formula is C40H28. The number of allylic oxidation sites excluding steroid dienone is 12. The van der Waals surface area contributed by atoms with Crippen LogP contribution in [0.3, 0.4) is 0 Å². The van der Waals surface area contributed by atoms with Gasteiger partial charge in [0, 0.05) is 0 Å². The van der Waals surface area contributed by atoms with Crippen LogP contribution in [0.1, 0.15) is 46.2 Å². The SMILES string of the molecule is C1=CCC=C2C(=C1)C1(c3ccccc3)c3ccccc3-c3cccc(c31)C21C2=C(C=CCC=C2)c2ccccc21. The fourth-order valence-corrected chi connectivity index (χ4v) is 8.51. The first-order valence-corrected chi connectivity index (χ1v) is 14.4. The summed E-state index contributed by atoms with van der Waals surface area (Å²) in [5.74, 6) is 0. The Labute approximate surface area is 235 Å². The van der Waals surface area contributed by atoms with Crippen molar-refractivity contribution in [2.24, 2.45) is 0 Å². The van der Waals surface area contributed by atoms with Gasteiger partial charge in [-0.1, -0.05) is 146 Å². The van der Waals surface area contributed by atoms with Crippen molar-refractivity contribution in [2.45, 2.75) is 23.7 Å². The van der Waals surface area contributed by atoms with Crippen LogP contribution in [0.2, 0.25) is 0 Å². The maximum absolute atomic E-state index is 2.53. The Morgan fingerprint density at radius 2 is 1.20 bits per heavy atom. The van der Waals surface area contributed by atoms with E-state index in [-0.39, 0.29) is 10.8 Å². The summed E-state index contributed by atoms with van der Waals surface area (Å²) in [4.78, 5) is 0. The Morgan fingerprint density at radius 1 is 0.500 bits per heavy atom. The molecule has 0 aromatic heterocycles. The van der Waals surface area contributed by atoms with Gasteiger partial charge < -0.3 is 0 Å². The second-order valence-electron chi connectivity index (χ2n) is 11.4. The van der Waals surface area contributed by atoms with Gasteiger partial charge in [-0.25, -0.2) is 0 Å². The highest BCUT2D eigenvalue weighted by Crippen LogP contribution is 2.70. The van der Waals surface area contributed by atoms with Crippen LogP contribution in [0, 0.1) is 0 Å². The monoisotopic (exact) mass is 508 g/mol. The van der Waals surface area contributed by atoms with Crippen LogP contribution in [0.25, 0.3) is 16.7 Å². The van der Waals surface area contributed by atoms with E-state index in [1.807, 2.05) is 0 Å². The molecule has 4 aromatic carbocycles. The van der Waals surface area contributed by atoms with E-state index >= 15 is 0 Å². The van der Waals surface area contributed by atoms with Crippen molar-refractivity contribution >= 4 is 5.57 Å². The Balaban J connectivity index is 1.55. The fraction of sp³-hybridized carbons (Fsp3) is 0.100. The third-order valence-corrected chi connectivity index (χ3v) is 9.78. The van der Waals surface area contributed by atoms with Crippen molar-refractivity contribution in [3.8, 4) is 11.1 Å². The van der Waals surface area contributed by atoms with Gasteiger partial charge in [-0.3, -0.25) is 0 Å². The summed E-state index contributed by atoms with van der Waals surface area (Å²) >= 11 is 0. The maximum Gasteiger partial charge on any atom is 0.0719 e. The topological polar surface area (TPSA) is 0 Å². The molecule has 4 aromatic rings. The van der Waals surface area contributed by atoms with Crippen LogP contribution in [-0.4, -0.2) is 0 Å². The highest BCUT2D eigenvalue weighted by Gasteiger charge is 2.61. The summed E-state index contributed by atoms with van der Waals surface area (Å²) in [5.41, 5.74) is 15.9. The quantitative estimate of drug-likeness (QED) is 0.240. The molecule has 5 aliphatic carbocycles. The van der Waals surface area contributed by atoms with E-state index in [2.05, 4.69) is 146 Å². The molecule has 5 aliphatic rings. The molecule has 0 heterocycles. The van der Waals surface area contributed by atoms with Crippen molar-refractivity contribution in [2.75, 3.05) is 0 Å². The van der Waals surface area contributed by atoms with E-state index in [4.69, 9.17) is 0 Å². The zero-order valence-electron chi connectivity index (χ0n) is 22.3. The van der Waals surface area contributed by atoms with Crippen molar-refractivity contribution in [3.05, 3.63) is 196 Å². The first-order valence-electron chi connectivity index (χ1n) is 14.4. The zero-order valence-corrected chi connectivity index (χ0v) is 22.3. The van der Waals surface area contributed by atoms with Crippen LogP contribution in [0.15, 0.2) is 162 Å². The molecule has 0 bridgehead atoms. The molecule has 0 heteroatoms. The average Bonchev–Trinajstić information content (AvgIpc) is 3.20. The molecule has 0 amide bonds. The lowest BCUT2D eigenvalue weighted by atomic mass is 9.50. The van der Waals surface area contributed by atoms with E-state index in [0.29, 0.717) is 0 Å². The zero-order chi connectivity index (χ0) is 26.3. The molecule has 1 spiro atoms. The predicted octanol–water partition coefficient (Wildman–Crippen LogP) is 9.40. The van der Waals surface area contributed by atoms with E-state index in [1.54, 1.807) is 0 Å². The van der Waals surface area contributed by atoms with Crippen molar-refractivity contribution < 1.29 is 0 Å². The molecule has 0 saturated heterocycles. The number of hydrogen-bond donors (Lipinski definition) is 0. The maximum atomic E-state index is 2.53. The van der Waals surface area contributed by atoms with E-state index in [0.717, 1.165) is 12.8 Å². The van der Waals surface area contributed by atoms with Gasteiger partial charge in [0.15, 0.2) is 0 Å². The molecule has 2 unspecified atom stereocenters. The number of rotatable bonds is 1. The highest BCUT2D eigenvalue weighted by molar-refractivity contribution is 5.99. The summed E-state index contributed by atoms with van der Waals surface area (Å²) in [6, 6.07) is 36.6.